The minimum atomic E-state index is 0.745. The van der Waals surface area contributed by atoms with Gasteiger partial charge in [0.15, 0.2) is 11.6 Å². The summed E-state index contributed by atoms with van der Waals surface area (Å²) in [4.78, 5) is 17.9. The molecule has 0 saturated carbocycles. The molecule has 0 radical (unpaired) electrons. The predicted octanol–water partition coefficient (Wildman–Crippen LogP) is 5.97. The fourth-order valence-electron chi connectivity index (χ4n) is 4.33. The second-order valence-electron chi connectivity index (χ2n) is 8.58. The van der Waals surface area contributed by atoms with Crippen LogP contribution in [0, 0.1) is 0 Å². The molecule has 0 aliphatic carbocycles. The van der Waals surface area contributed by atoms with Gasteiger partial charge in [-0.1, -0.05) is 60.7 Å². The van der Waals surface area contributed by atoms with Crippen molar-refractivity contribution in [3.05, 3.63) is 133 Å². The number of imidazole rings is 2. The molecule has 6 rings (SSSR count). The fourth-order valence-corrected chi connectivity index (χ4v) is 4.33. The molecule has 0 aliphatic rings. The van der Waals surface area contributed by atoms with Gasteiger partial charge in [-0.3, -0.25) is 9.97 Å². The Labute approximate surface area is 209 Å². The van der Waals surface area contributed by atoms with Crippen LogP contribution in [0.5, 0.6) is 0 Å². The molecule has 0 spiro atoms. The van der Waals surface area contributed by atoms with Crippen molar-refractivity contribution in [1.29, 1.82) is 0 Å². The van der Waals surface area contributed by atoms with Crippen LogP contribution in [0.15, 0.2) is 122 Å². The molecule has 0 atom stereocenters. The highest BCUT2D eigenvalue weighted by Crippen LogP contribution is 2.23. The first-order chi connectivity index (χ1) is 17.8. The van der Waals surface area contributed by atoms with Crippen LogP contribution >= 0.6 is 0 Å². The third-order valence-electron chi connectivity index (χ3n) is 6.17. The zero-order valence-corrected chi connectivity index (χ0v) is 19.6. The average molecular weight is 469 g/mol. The van der Waals surface area contributed by atoms with Crippen LogP contribution in [0.4, 0.5) is 0 Å². The Morgan fingerprint density at radius 3 is 1.28 bits per heavy atom. The lowest BCUT2D eigenvalue weighted by molar-refractivity contribution is 0.803. The Hall–Kier alpha value is -4.84. The molecule has 0 saturated heterocycles. The lowest BCUT2D eigenvalue weighted by Crippen LogP contribution is -2.02. The molecule has 174 valence electrons. The van der Waals surface area contributed by atoms with Crippen molar-refractivity contribution in [1.82, 2.24) is 29.1 Å². The van der Waals surface area contributed by atoms with Gasteiger partial charge in [-0.2, -0.15) is 0 Å². The molecule has 0 unspecified atom stereocenters. The van der Waals surface area contributed by atoms with Crippen molar-refractivity contribution in [3.63, 3.8) is 0 Å². The van der Waals surface area contributed by atoms with Gasteiger partial charge in [0.2, 0.25) is 0 Å². The molecule has 0 bridgehead atoms. The third-order valence-corrected chi connectivity index (χ3v) is 6.17. The zero-order valence-electron chi connectivity index (χ0n) is 19.6. The van der Waals surface area contributed by atoms with E-state index in [1.54, 1.807) is 12.4 Å². The molecule has 0 aliphatic heterocycles. The molecule has 0 amide bonds. The first-order valence-electron chi connectivity index (χ1n) is 11.9. The van der Waals surface area contributed by atoms with E-state index in [0.717, 1.165) is 36.1 Å². The maximum absolute atomic E-state index is 4.50. The smallest absolute Gasteiger partial charge is 0.158 e. The predicted molar refractivity (Wildman–Crippen MR) is 141 cm³/mol. The van der Waals surface area contributed by atoms with E-state index in [1.165, 1.54) is 22.3 Å². The van der Waals surface area contributed by atoms with E-state index in [9.17, 15) is 0 Å². The molecule has 36 heavy (non-hydrogen) atoms. The first kappa shape index (κ1) is 21.7. The molecule has 4 aromatic heterocycles. The molecule has 0 N–H and O–H groups in total. The van der Waals surface area contributed by atoms with E-state index >= 15 is 0 Å². The van der Waals surface area contributed by atoms with Crippen molar-refractivity contribution in [2.45, 2.75) is 13.1 Å². The summed E-state index contributed by atoms with van der Waals surface area (Å²) < 4.78 is 4.25. The molecule has 2 aromatic carbocycles. The largest absolute Gasteiger partial charge is 0.325 e. The van der Waals surface area contributed by atoms with Gasteiger partial charge in [-0.15, -0.1) is 0 Å². The van der Waals surface area contributed by atoms with Crippen molar-refractivity contribution in [2.75, 3.05) is 0 Å². The lowest BCUT2D eigenvalue weighted by Gasteiger charge is -2.10. The quantitative estimate of drug-likeness (QED) is 0.290. The molecule has 6 heteroatoms. The van der Waals surface area contributed by atoms with E-state index in [-0.39, 0.29) is 0 Å². The van der Waals surface area contributed by atoms with Crippen LogP contribution in [-0.2, 0) is 13.1 Å². The summed E-state index contributed by atoms with van der Waals surface area (Å²) in [6.45, 7) is 1.49. The Balaban J connectivity index is 1.15. The average Bonchev–Trinajstić information content (AvgIpc) is 3.60. The SMILES string of the molecule is c1ccc(-c2nccn2Cc2ccc(-c3ccc(Cn4ccnc4-c4ccccn4)cc3)cc2)nc1. The Morgan fingerprint density at radius 1 is 0.444 bits per heavy atom. The van der Waals surface area contributed by atoms with Crippen molar-refractivity contribution in [3.8, 4) is 34.2 Å². The van der Waals surface area contributed by atoms with Crippen molar-refractivity contribution >= 4 is 0 Å². The molecular formula is C30H24N6. The van der Waals surface area contributed by atoms with Crippen LogP contribution in [0.2, 0.25) is 0 Å². The molecule has 0 fully saturated rings. The summed E-state index contributed by atoms with van der Waals surface area (Å²) in [6, 6.07) is 29.2. The second kappa shape index (κ2) is 9.80. The number of hydrogen-bond acceptors (Lipinski definition) is 4. The lowest BCUT2D eigenvalue weighted by atomic mass is 10.0. The summed E-state index contributed by atoms with van der Waals surface area (Å²) in [5.41, 5.74) is 6.57. The molecular weight excluding hydrogens is 444 g/mol. The third kappa shape index (κ3) is 4.57. The summed E-state index contributed by atoms with van der Waals surface area (Å²) >= 11 is 0. The standard InChI is InChI=1S/C30H24N6/c1-3-15-31-27(5-1)29-33-17-19-35(29)21-23-7-11-25(12-8-23)26-13-9-24(10-14-26)22-36-20-18-34-30(36)28-6-2-4-16-32-28/h1-20H,21-22H2. The molecule has 4 heterocycles. The minimum absolute atomic E-state index is 0.745. The fraction of sp³-hybridized carbons (Fsp3) is 0.0667. The number of hydrogen-bond donors (Lipinski definition) is 0. The molecule has 6 nitrogen and oxygen atoms in total. The van der Waals surface area contributed by atoms with Gasteiger partial charge in [0.1, 0.15) is 11.4 Å². The maximum atomic E-state index is 4.50. The molecule has 6 aromatic rings. The Bertz CT molecular complexity index is 1430. The number of pyridine rings is 2. The van der Waals surface area contributed by atoms with Gasteiger partial charge in [0.05, 0.1) is 0 Å². The zero-order chi connectivity index (χ0) is 24.2. The van der Waals surface area contributed by atoms with Crippen molar-refractivity contribution < 1.29 is 0 Å². The second-order valence-corrected chi connectivity index (χ2v) is 8.58. The number of aromatic nitrogens is 6. The monoisotopic (exact) mass is 468 g/mol. The van der Waals surface area contributed by atoms with Gasteiger partial charge >= 0.3 is 0 Å². The number of rotatable bonds is 7. The van der Waals surface area contributed by atoms with Crippen LogP contribution < -0.4 is 0 Å². The van der Waals surface area contributed by atoms with Gasteiger partial charge in [-0.25, -0.2) is 9.97 Å². The van der Waals surface area contributed by atoms with Crippen molar-refractivity contribution in [2.24, 2.45) is 0 Å². The van der Waals surface area contributed by atoms with Crippen LogP contribution in [0.3, 0.4) is 0 Å². The highest BCUT2D eigenvalue weighted by atomic mass is 15.1. The normalized spacial score (nSPS) is 11.0. The van der Waals surface area contributed by atoms with E-state index in [0.29, 0.717) is 0 Å². The van der Waals surface area contributed by atoms with Gasteiger partial charge in [0, 0.05) is 50.3 Å². The summed E-state index contributed by atoms with van der Waals surface area (Å²) in [6.07, 6.45) is 11.2. The van der Waals surface area contributed by atoms with Gasteiger partial charge in [-0.05, 0) is 46.5 Å². The maximum Gasteiger partial charge on any atom is 0.158 e. The Kier molecular flexibility index (Phi) is 5.90. The van der Waals surface area contributed by atoms with Crippen LogP contribution in [0.25, 0.3) is 34.2 Å². The van der Waals surface area contributed by atoms with Crippen LogP contribution in [0.1, 0.15) is 11.1 Å². The highest BCUT2D eigenvalue weighted by Gasteiger charge is 2.09. The topological polar surface area (TPSA) is 61.4 Å². The number of nitrogens with zero attached hydrogens (tertiary/aromatic N) is 6. The van der Waals surface area contributed by atoms with E-state index in [4.69, 9.17) is 0 Å². The van der Waals surface area contributed by atoms with Gasteiger partial charge in [0.25, 0.3) is 0 Å². The summed E-state index contributed by atoms with van der Waals surface area (Å²) in [5, 5.41) is 0. The summed E-state index contributed by atoms with van der Waals surface area (Å²) in [5.74, 6) is 1.75. The van der Waals surface area contributed by atoms with E-state index in [1.807, 2.05) is 61.2 Å². The van der Waals surface area contributed by atoms with Gasteiger partial charge < -0.3 is 9.13 Å². The number of benzene rings is 2. The van der Waals surface area contributed by atoms with E-state index < -0.39 is 0 Å². The summed E-state index contributed by atoms with van der Waals surface area (Å²) in [7, 11) is 0. The minimum Gasteiger partial charge on any atom is -0.325 e. The first-order valence-corrected chi connectivity index (χ1v) is 11.9. The van der Waals surface area contributed by atoms with Crippen LogP contribution in [-0.4, -0.2) is 29.1 Å². The van der Waals surface area contributed by atoms with E-state index in [2.05, 4.69) is 77.6 Å². The Morgan fingerprint density at radius 2 is 0.889 bits per heavy atom. The highest BCUT2D eigenvalue weighted by molar-refractivity contribution is 5.64.